The number of hydrogen-bond donors (Lipinski definition) is 2. The minimum Gasteiger partial charge on any atom is -0.506 e. The van der Waals surface area contributed by atoms with Crippen molar-refractivity contribution in [1.82, 2.24) is 0 Å². The van der Waals surface area contributed by atoms with Crippen LogP contribution in [0.15, 0.2) is 0 Å². The van der Waals surface area contributed by atoms with Crippen LogP contribution in [0.4, 0.5) is 0 Å². The van der Waals surface area contributed by atoms with Gasteiger partial charge in [-0.3, -0.25) is 0 Å². The van der Waals surface area contributed by atoms with Crippen LogP contribution in [0.25, 0.3) is 0 Å². The van der Waals surface area contributed by atoms with Gasteiger partial charge in [0.2, 0.25) is 0 Å². The lowest BCUT2D eigenvalue weighted by Crippen LogP contribution is -2.05. The normalized spacial score (nSPS) is 10.1. The van der Waals surface area contributed by atoms with E-state index in [-0.39, 0.29) is 22.1 Å². The fourth-order valence-electron chi connectivity index (χ4n) is 1.37. The van der Waals surface area contributed by atoms with Gasteiger partial charge in [-0.15, -0.1) is 0 Å². The van der Waals surface area contributed by atoms with Crippen molar-refractivity contribution in [2.45, 2.75) is 13.8 Å². The van der Waals surface area contributed by atoms with Crippen molar-refractivity contribution in [1.29, 1.82) is 0 Å². The number of aromatic carboxylic acids is 1. The molecule has 5 heteroatoms. The van der Waals surface area contributed by atoms with E-state index in [4.69, 9.17) is 21.4 Å². The first kappa shape index (κ1) is 11.7. The molecule has 2 N–H and O–H groups in total. The van der Waals surface area contributed by atoms with E-state index in [0.717, 1.165) is 0 Å². The first-order chi connectivity index (χ1) is 6.91. The fourth-order valence-corrected chi connectivity index (χ4v) is 1.68. The molecule has 0 fully saturated rings. The second kappa shape index (κ2) is 3.98. The van der Waals surface area contributed by atoms with Gasteiger partial charge in [0.1, 0.15) is 16.3 Å². The van der Waals surface area contributed by atoms with Crippen LogP contribution in [0.2, 0.25) is 5.02 Å². The Labute approximate surface area is 92.1 Å². The number of carboxylic acids is 1. The molecule has 0 unspecified atom stereocenters. The van der Waals surface area contributed by atoms with Crippen LogP contribution in [-0.2, 0) is 0 Å². The number of carbonyl (C=O) groups is 1. The second-order valence-corrected chi connectivity index (χ2v) is 3.50. The standard InChI is InChI=1S/C10H11ClO4/c1-4-5(2)8(12)7(11)9(15-3)6(4)10(13)14/h12H,1-3H3,(H,13,14). The summed E-state index contributed by atoms with van der Waals surface area (Å²) in [6.45, 7) is 3.19. The van der Waals surface area contributed by atoms with Crippen molar-refractivity contribution in [2.24, 2.45) is 0 Å². The summed E-state index contributed by atoms with van der Waals surface area (Å²) in [7, 11) is 1.31. The Kier molecular flexibility index (Phi) is 3.09. The summed E-state index contributed by atoms with van der Waals surface area (Å²) >= 11 is 5.78. The maximum Gasteiger partial charge on any atom is 0.339 e. The van der Waals surface area contributed by atoms with E-state index in [9.17, 15) is 9.90 Å². The van der Waals surface area contributed by atoms with Gasteiger partial charge in [0.05, 0.1) is 7.11 Å². The van der Waals surface area contributed by atoms with E-state index in [1.165, 1.54) is 7.11 Å². The molecular weight excluding hydrogens is 220 g/mol. The fraction of sp³-hybridized carbons (Fsp3) is 0.300. The molecule has 4 nitrogen and oxygen atoms in total. The van der Waals surface area contributed by atoms with Crippen LogP contribution in [0.3, 0.4) is 0 Å². The van der Waals surface area contributed by atoms with Gasteiger partial charge in [-0.05, 0) is 25.0 Å². The summed E-state index contributed by atoms with van der Waals surface area (Å²) in [5.41, 5.74) is 0.872. The summed E-state index contributed by atoms with van der Waals surface area (Å²) in [5, 5.41) is 18.5. The Bertz CT molecular complexity index is 426. The highest BCUT2D eigenvalue weighted by atomic mass is 35.5. The van der Waals surface area contributed by atoms with E-state index in [2.05, 4.69) is 0 Å². The van der Waals surface area contributed by atoms with Crippen LogP contribution in [0, 0.1) is 13.8 Å². The molecule has 1 aromatic rings. The molecule has 1 aromatic carbocycles. The Morgan fingerprint density at radius 2 is 1.87 bits per heavy atom. The smallest absolute Gasteiger partial charge is 0.339 e. The Balaban J connectivity index is 3.70. The molecule has 0 saturated heterocycles. The van der Waals surface area contributed by atoms with Gasteiger partial charge >= 0.3 is 5.97 Å². The number of phenolic OH excluding ortho intramolecular Hbond substituents is 1. The van der Waals surface area contributed by atoms with E-state index in [1.807, 2.05) is 0 Å². The minimum absolute atomic E-state index is 0.00948. The summed E-state index contributed by atoms with van der Waals surface area (Å²) in [4.78, 5) is 11.0. The largest absolute Gasteiger partial charge is 0.506 e. The van der Waals surface area contributed by atoms with Gasteiger partial charge in [0.25, 0.3) is 0 Å². The zero-order chi connectivity index (χ0) is 11.7. The predicted molar refractivity (Wildman–Crippen MR) is 56.1 cm³/mol. The van der Waals surface area contributed by atoms with Crippen molar-refractivity contribution < 1.29 is 19.7 Å². The SMILES string of the molecule is COc1c(Cl)c(O)c(C)c(C)c1C(=O)O. The number of aromatic hydroxyl groups is 1. The van der Waals surface area contributed by atoms with Crippen LogP contribution >= 0.6 is 11.6 Å². The maximum absolute atomic E-state index is 11.0. The van der Waals surface area contributed by atoms with E-state index in [0.29, 0.717) is 11.1 Å². The topological polar surface area (TPSA) is 66.8 Å². The maximum atomic E-state index is 11.0. The van der Waals surface area contributed by atoms with E-state index < -0.39 is 5.97 Å². The van der Waals surface area contributed by atoms with Crippen LogP contribution in [0.1, 0.15) is 21.5 Å². The Hall–Kier alpha value is -1.42. The van der Waals surface area contributed by atoms with Gasteiger partial charge in [0.15, 0.2) is 5.75 Å². The zero-order valence-corrected chi connectivity index (χ0v) is 9.34. The van der Waals surface area contributed by atoms with E-state index in [1.54, 1.807) is 13.8 Å². The Morgan fingerprint density at radius 3 is 2.27 bits per heavy atom. The number of ether oxygens (including phenoxy) is 1. The molecule has 0 amide bonds. The quantitative estimate of drug-likeness (QED) is 0.819. The number of carboxylic acid groups (broad SMARTS) is 1. The van der Waals surface area contributed by atoms with Gasteiger partial charge in [-0.25, -0.2) is 4.79 Å². The lowest BCUT2D eigenvalue weighted by atomic mass is 10.0. The molecule has 0 aliphatic carbocycles. The average Bonchev–Trinajstić information content (AvgIpc) is 2.19. The number of halogens is 1. The third kappa shape index (κ3) is 1.72. The number of hydrogen-bond acceptors (Lipinski definition) is 3. The van der Waals surface area contributed by atoms with Gasteiger partial charge in [0, 0.05) is 0 Å². The molecule has 0 spiro atoms. The lowest BCUT2D eigenvalue weighted by Gasteiger charge is -2.14. The third-order valence-electron chi connectivity index (χ3n) is 2.35. The van der Waals surface area contributed by atoms with Crippen molar-refractivity contribution in [3.05, 3.63) is 21.7 Å². The first-order valence-electron chi connectivity index (χ1n) is 4.20. The number of rotatable bonds is 2. The number of phenols is 1. The van der Waals surface area contributed by atoms with Gasteiger partial charge in [-0.1, -0.05) is 11.6 Å². The average molecular weight is 231 g/mol. The predicted octanol–water partition coefficient (Wildman–Crippen LogP) is 2.37. The highest BCUT2D eigenvalue weighted by molar-refractivity contribution is 6.34. The van der Waals surface area contributed by atoms with Crippen molar-refractivity contribution in [2.75, 3.05) is 7.11 Å². The monoisotopic (exact) mass is 230 g/mol. The molecule has 0 aliphatic heterocycles. The second-order valence-electron chi connectivity index (χ2n) is 3.13. The van der Waals surface area contributed by atoms with Crippen molar-refractivity contribution in [3.8, 4) is 11.5 Å². The highest BCUT2D eigenvalue weighted by Crippen LogP contribution is 2.41. The zero-order valence-electron chi connectivity index (χ0n) is 8.59. The van der Waals surface area contributed by atoms with Crippen LogP contribution in [0.5, 0.6) is 11.5 Å². The molecule has 0 atom stereocenters. The molecule has 0 aromatic heterocycles. The first-order valence-corrected chi connectivity index (χ1v) is 4.58. The molecular formula is C10H11ClO4. The molecule has 82 valence electrons. The molecule has 0 bridgehead atoms. The minimum atomic E-state index is -1.13. The van der Waals surface area contributed by atoms with Crippen molar-refractivity contribution in [3.63, 3.8) is 0 Å². The Morgan fingerprint density at radius 1 is 1.33 bits per heavy atom. The summed E-state index contributed by atoms with van der Waals surface area (Å²) in [6.07, 6.45) is 0. The molecule has 15 heavy (non-hydrogen) atoms. The molecule has 1 rings (SSSR count). The highest BCUT2D eigenvalue weighted by Gasteiger charge is 2.23. The summed E-state index contributed by atoms with van der Waals surface area (Å²) < 4.78 is 4.88. The van der Waals surface area contributed by atoms with Gasteiger partial charge < -0.3 is 14.9 Å². The number of benzene rings is 1. The molecule has 0 saturated carbocycles. The molecule has 0 heterocycles. The van der Waals surface area contributed by atoms with Crippen LogP contribution in [-0.4, -0.2) is 23.3 Å². The van der Waals surface area contributed by atoms with Crippen molar-refractivity contribution >= 4 is 17.6 Å². The lowest BCUT2D eigenvalue weighted by molar-refractivity contribution is 0.0692. The summed E-state index contributed by atoms with van der Waals surface area (Å²) in [5.74, 6) is -1.28. The van der Waals surface area contributed by atoms with Crippen LogP contribution < -0.4 is 4.74 Å². The third-order valence-corrected chi connectivity index (χ3v) is 2.70. The van der Waals surface area contributed by atoms with E-state index >= 15 is 0 Å². The van der Waals surface area contributed by atoms with Gasteiger partial charge in [-0.2, -0.15) is 0 Å². The molecule has 0 aliphatic rings. The summed E-state index contributed by atoms with van der Waals surface area (Å²) in [6, 6.07) is 0. The number of methoxy groups -OCH3 is 1. The molecule has 0 radical (unpaired) electrons.